The van der Waals surface area contributed by atoms with Gasteiger partial charge in [-0.3, -0.25) is 19.3 Å². The summed E-state index contributed by atoms with van der Waals surface area (Å²) in [6.45, 7) is 8.90. The molecule has 192 valence electrons. The molecule has 9 nitrogen and oxygen atoms in total. The number of carbonyl (C=O) groups is 3. The summed E-state index contributed by atoms with van der Waals surface area (Å²) in [5.41, 5.74) is 7.07. The Morgan fingerprint density at radius 2 is 1.78 bits per heavy atom. The fourth-order valence-electron chi connectivity index (χ4n) is 4.29. The van der Waals surface area contributed by atoms with Crippen LogP contribution in [0.1, 0.15) is 65.5 Å². The first-order chi connectivity index (χ1) is 17.1. The SMILES string of the molecule is CCCN(CCC)C(=O)c1cc(C)cc(C(=O)NCC2(C)N=C(N)N(Cc3cccc(O)c3)C2=O)c1. The van der Waals surface area contributed by atoms with Gasteiger partial charge in [-0.05, 0) is 68.1 Å². The number of benzene rings is 2. The van der Waals surface area contributed by atoms with Crippen molar-refractivity contribution >= 4 is 23.7 Å². The summed E-state index contributed by atoms with van der Waals surface area (Å²) in [4.78, 5) is 46.7. The van der Waals surface area contributed by atoms with E-state index in [0.29, 0.717) is 29.8 Å². The third kappa shape index (κ3) is 6.02. The van der Waals surface area contributed by atoms with Crippen LogP contribution in [0.25, 0.3) is 0 Å². The van der Waals surface area contributed by atoms with Crippen molar-refractivity contribution < 1.29 is 19.5 Å². The van der Waals surface area contributed by atoms with Crippen LogP contribution < -0.4 is 11.1 Å². The Morgan fingerprint density at radius 3 is 2.42 bits per heavy atom. The Balaban J connectivity index is 1.71. The quantitative estimate of drug-likeness (QED) is 0.469. The summed E-state index contributed by atoms with van der Waals surface area (Å²) in [7, 11) is 0. The molecule has 2 aromatic rings. The number of hydrogen-bond donors (Lipinski definition) is 3. The molecule has 3 rings (SSSR count). The van der Waals surface area contributed by atoms with Crippen LogP contribution in [0.15, 0.2) is 47.5 Å². The minimum Gasteiger partial charge on any atom is -0.508 e. The van der Waals surface area contributed by atoms with Crippen molar-refractivity contribution in [3.05, 3.63) is 64.7 Å². The zero-order chi connectivity index (χ0) is 26.5. The number of nitrogens with two attached hydrogens (primary N) is 1. The van der Waals surface area contributed by atoms with Gasteiger partial charge in [-0.25, -0.2) is 4.99 Å². The molecular formula is C27H35N5O4. The number of phenolic OH excluding ortho intramolecular Hbond substituents is 1. The second kappa shape index (κ2) is 11.2. The first-order valence-corrected chi connectivity index (χ1v) is 12.2. The first-order valence-electron chi connectivity index (χ1n) is 12.2. The van der Waals surface area contributed by atoms with E-state index in [1.807, 2.05) is 20.8 Å². The van der Waals surface area contributed by atoms with Gasteiger partial charge in [0.25, 0.3) is 17.7 Å². The molecule has 0 saturated carbocycles. The molecule has 0 radical (unpaired) electrons. The number of amides is 3. The lowest BCUT2D eigenvalue weighted by molar-refractivity contribution is -0.130. The lowest BCUT2D eigenvalue weighted by Crippen LogP contribution is -2.48. The molecule has 1 atom stereocenters. The number of phenols is 1. The van der Waals surface area contributed by atoms with Gasteiger partial charge < -0.3 is 21.1 Å². The fourth-order valence-corrected chi connectivity index (χ4v) is 4.29. The standard InChI is InChI=1S/C27H35N5O4/c1-5-10-31(11-6-2)24(35)21-13-18(3)12-20(15-21)23(34)29-17-27(4)25(36)32(26(28)30-27)16-19-8-7-9-22(33)14-19/h7-9,12-15,33H,5-6,10-11,16-17H2,1-4H3,(H2,28,30)(H,29,34). The average molecular weight is 494 g/mol. The summed E-state index contributed by atoms with van der Waals surface area (Å²) >= 11 is 0. The van der Waals surface area contributed by atoms with Crippen molar-refractivity contribution in [3.63, 3.8) is 0 Å². The third-order valence-electron chi connectivity index (χ3n) is 6.05. The molecule has 1 heterocycles. The van der Waals surface area contributed by atoms with Crippen LogP contribution in [0.3, 0.4) is 0 Å². The summed E-state index contributed by atoms with van der Waals surface area (Å²) in [6.07, 6.45) is 1.70. The molecule has 1 aliphatic rings. The molecule has 0 spiro atoms. The van der Waals surface area contributed by atoms with E-state index in [9.17, 15) is 19.5 Å². The minimum absolute atomic E-state index is 0.0514. The maximum absolute atomic E-state index is 13.1. The van der Waals surface area contributed by atoms with Crippen molar-refractivity contribution in [3.8, 4) is 5.75 Å². The van der Waals surface area contributed by atoms with E-state index >= 15 is 0 Å². The van der Waals surface area contributed by atoms with Crippen LogP contribution in [-0.4, -0.2) is 63.8 Å². The molecule has 0 bridgehead atoms. The van der Waals surface area contributed by atoms with Gasteiger partial charge in [0.15, 0.2) is 11.5 Å². The normalized spacial score (nSPS) is 17.2. The number of aromatic hydroxyl groups is 1. The summed E-state index contributed by atoms with van der Waals surface area (Å²) in [5.74, 6) is -0.712. The Hall–Kier alpha value is -3.88. The van der Waals surface area contributed by atoms with Crippen molar-refractivity contribution in [1.29, 1.82) is 0 Å². The molecule has 36 heavy (non-hydrogen) atoms. The third-order valence-corrected chi connectivity index (χ3v) is 6.05. The number of nitrogens with zero attached hydrogens (tertiary/aromatic N) is 3. The van der Waals surface area contributed by atoms with Crippen molar-refractivity contribution in [2.24, 2.45) is 10.7 Å². The predicted octanol–water partition coefficient (Wildman–Crippen LogP) is 2.81. The summed E-state index contributed by atoms with van der Waals surface area (Å²) in [5, 5.41) is 12.5. The number of carbonyl (C=O) groups excluding carboxylic acids is 3. The Bertz CT molecular complexity index is 1170. The van der Waals surface area contributed by atoms with E-state index in [-0.39, 0.29) is 36.6 Å². The lowest BCUT2D eigenvalue weighted by Gasteiger charge is -2.23. The van der Waals surface area contributed by atoms with Gasteiger partial charge >= 0.3 is 0 Å². The van der Waals surface area contributed by atoms with E-state index in [1.54, 1.807) is 54.3 Å². The van der Waals surface area contributed by atoms with Gasteiger partial charge in [0.05, 0.1) is 13.1 Å². The molecule has 2 aromatic carbocycles. The zero-order valence-corrected chi connectivity index (χ0v) is 21.4. The van der Waals surface area contributed by atoms with E-state index < -0.39 is 11.4 Å². The number of aliphatic imine (C=N–C) groups is 1. The highest BCUT2D eigenvalue weighted by Gasteiger charge is 2.44. The first kappa shape index (κ1) is 26.7. The molecular weight excluding hydrogens is 458 g/mol. The largest absolute Gasteiger partial charge is 0.508 e. The Kier molecular flexibility index (Phi) is 8.34. The highest BCUT2D eigenvalue weighted by molar-refractivity contribution is 6.07. The van der Waals surface area contributed by atoms with Crippen LogP contribution in [0.4, 0.5) is 0 Å². The molecule has 4 N–H and O–H groups in total. The van der Waals surface area contributed by atoms with Crippen LogP contribution in [0.2, 0.25) is 0 Å². The highest BCUT2D eigenvalue weighted by atomic mass is 16.3. The number of rotatable bonds is 10. The van der Waals surface area contributed by atoms with Crippen molar-refractivity contribution in [2.45, 2.75) is 52.6 Å². The van der Waals surface area contributed by atoms with Crippen molar-refractivity contribution in [2.75, 3.05) is 19.6 Å². The number of guanidine groups is 1. The van der Waals surface area contributed by atoms with Crippen LogP contribution in [0, 0.1) is 6.92 Å². The van der Waals surface area contributed by atoms with Crippen LogP contribution >= 0.6 is 0 Å². The lowest BCUT2D eigenvalue weighted by atomic mass is 10.0. The average Bonchev–Trinajstić information content (AvgIpc) is 3.04. The second-order valence-electron chi connectivity index (χ2n) is 9.37. The van der Waals surface area contributed by atoms with E-state index in [4.69, 9.17) is 5.73 Å². The van der Waals surface area contributed by atoms with Crippen LogP contribution in [-0.2, 0) is 11.3 Å². The zero-order valence-electron chi connectivity index (χ0n) is 21.4. The number of nitrogens with one attached hydrogen (secondary N) is 1. The monoisotopic (exact) mass is 493 g/mol. The smallest absolute Gasteiger partial charge is 0.259 e. The van der Waals surface area contributed by atoms with E-state index in [0.717, 1.165) is 18.4 Å². The van der Waals surface area contributed by atoms with Gasteiger partial charge in [-0.1, -0.05) is 26.0 Å². The number of aryl methyl sites for hydroxylation is 1. The van der Waals surface area contributed by atoms with Crippen LogP contribution in [0.5, 0.6) is 5.75 Å². The molecule has 1 aliphatic heterocycles. The Labute approximate surface area is 212 Å². The minimum atomic E-state index is -1.27. The van der Waals surface area contributed by atoms with Gasteiger partial charge in [-0.15, -0.1) is 0 Å². The number of hydrogen-bond acceptors (Lipinski definition) is 6. The summed E-state index contributed by atoms with van der Waals surface area (Å²) in [6, 6.07) is 11.6. The van der Waals surface area contributed by atoms with Gasteiger partial charge in [0.1, 0.15) is 5.75 Å². The maximum Gasteiger partial charge on any atom is 0.259 e. The van der Waals surface area contributed by atoms with E-state index in [1.165, 1.54) is 4.90 Å². The topological polar surface area (TPSA) is 128 Å². The van der Waals surface area contributed by atoms with Gasteiger partial charge in [0, 0.05) is 24.2 Å². The molecule has 9 heteroatoms. The van der Waals surface area contributed by atoms with Crippen molar-refractivity contribution in [1.82, 2.24) is 15.1 Å². The van der Waals surface area contributed by atoms with Gasteiger partial charge in [0.2, 0.25) is 0 Å². The van der Waals surface area contributed by atoms with Gasteiger partial charge in [-0.2, -0.15) is 0 Å². The molecule has 0 fully saturated rings. The summed E-state index contributed by atoms with van der Waals surface area (Å²) < 4.78 is 0. The fraction of sp³-hybridized carbons (Fsp3) is 0.407. The molecule has 0 aliphatic carbocycles. The molecule has 0 saturated heterocycles. The highest BCUT2D eigenvalue weighted by Crippen LogP contribution is 2.24. The van der Waals surface area contributed by atoms with E-state index in [2.05, 4.69) is 10.3 Å². The molecule has 3 amide bonds. The second-order valence-corrected chi connectivity index (χ2v) is 9.37. The molecule has 0 aromatic heterocycles. The Morgan fingerprint density at radius 1 is 1.11 bits per heavy atom. The predicted molar refractivity (Wildman–Crippen MR) is 139 cm³/mol. The maximum atomic E-state index is 13.1. The molecule has 1 unspecified atom stereocenters.